The summed E-state index contributed by atoms with van der Waals surface area (Å²) in [7, 11) is 0. The summed E-state index contributed by atoms with van der Waals surface area (Å²) in [5, 5.41) is 9.61. The maximum absolute atomic E-state index is 9.61. The molecule has 0 heterocycles. The van der Waals surface area contributed by atoms with E-state index in [1.807, 2.05) is 0 Å². The van der Waals surface area contributed by atoms with E-state index in [9.17, 15) is 5.11 Å². The van der Waals surface area contributed by atoms with Crippen molar-refractivity contribution in [2.75, 3.05) is 0 Å². The molecular formula is C10H18O. The predicted octanol–water partition coefficient (Wildman–Crippen LogP) is 2.34. The number of aliphatic hydroxyl groups excluding tert-OH is 1. The molecule has 64 valence electrons. The number of rotatable bonds is 0. The van der Waals surface area contributed by atoms with Gasteiger partial charge in [-0.25, -0.2) is 0 Å². The second kappa shape index (κ2) is 2.48. The number of hydrogen-bond donors (Lipinski definition) is 1. The molecule has 0 unspecified atom stereocenters. The van der Waals surface area contributed by atoms with Crippen LogP contribution in [0, 0.1) is 11.3 Å². The first-order chi connectivity index (χ1) is 5.23. The van der Waals surface area contributed by atoms with Crippen LogP contribution in [0.25, 0.3) is 0 Å². The number of hydrogen-bond acceptors (Lipinski definition) is 1. The summed E-state index contributed by atoms with van der Waals surface area (Å²) < 4.78 is 0. The van der Waals surface area contributed by atoms with Crippen LogP contribution in [-0.4, -0.2) is 11.2 Å². The van der Waals surface area contributed by atoms with Gasteiger partial charge in [0.15, 0.2) is 0 Å². The standard InChI is InChI=1S/C10H18O/c1-8-2-5-10(6-3-8)7-4-9(10)11/h8-9,11H,2-7H2,1H3/t8?,9-,10?/m0/s1. The van der Waals surface area contributed by atoms with E-state index in [1.54, 1.807) is 0 Å². The maximum atomic E-state index is 9.61. The summed E-state index contributed by atoms with van der Waals surface area (Å²) in [5.41, 5.74) is 0.395. The fourth-order valence-corrected chi connectivity index (χ4v) is 2.60. The fourth-order valence-electron chi connectivity index (χ4n) is 2.60. The molecule has 2 fully saturated rings. The molecule has 1 spiro atoms. The Hall–Kier alpha value is -0.0400. The van der Waals surface area contributed by atoms with Crippen molar-refractivity contribution < 1.29 is 5.11 Å². The van der Waals surface area contributed by atoms with Gasteiger partial charge in [-0.15, -0.1) is 0 Å². The molecule has 0 aromatic carbocycles. The van der Waals surface area contributed by atoms with E-state index in [0.717, 1.165) is 12.3 Å². The normalized spacial score (nSPS) is 50.7. The van der Waals surface area contributed by atoms with E-state index in [0.29, 0.717) is 5.41 Å². The van der Waals surface area contributed by atoms with Gasteiger partial charge in [-0.05, 0) is 37.0 Å². The van der Waals surface area contributed by atoms with Crippen LogP contribution in [0.5, 0.6) is 0 Å². The van der Waals surface area contributed by atoms with Gasteiger partial charge in [-0.3, -0.25) is 0 Å². The van der Waals surface area contributed by atoms with Gasteiger partial charge >= 0.3 is 0 Å². The summed E-state index contributed by atoms with van der Waals surface area (Å²) in [6.45, 7) is 2.33. The van der Waals surface area contributed by atoms with Gasteiger partial charge in [0, 0.05) is 0 Å². The maximum Gasteiger partial charge on any atom is 0.0596 e. The summed E-state index contributed by atoms with van der Waals surface area (Å²) in [4.78, 5) is 0. The highest BCUT2D eigenvalue weighted by Gasteiger charge is 2.46. The van der Waals surface area contributed by atoms with Gasteiger partial charge in [0.05, 0.1) is 6.10 Å². The van der Waals surface area contributed by atoms with E-state index < -0.39 is 0 Å². The number of aliphatic hydroxyl groups is 1. The largest absolute Gasteiger partial charge is 0.393 e. The molecular weight excluding hydrogens is 136 g/mol. The zero-order chi connectivity index (χ0) is 7.90. The van der Waals surface area contributed by atoms with E-state index in [-0.39, 0.29) is 6.10 Å². The molecule has 0 amide bonds. The second-order valence-corrected chi connectivity index (χ2v) is 4.60. The minimum absolute atomic E-state index is 0.0509. The Morgan fingerprint density at radius 1 is 1.09 bits per heavy atom. The lowest BCUT2D eigenvalue weighted by Crippen LogP contribution is -2.46. The van der Waals surface area contributed by atoms with Crippen LogP contribution in [-0.2, 0) is 0 Å². The molecule has 1 nitrogen and oxygen atoms in total. The van der Waals surface area contributed by atoms with Crippen molar-refractivity contribution in [2.24, 2.45) is 11.3 Å². The highest BCUT2D eigenvalue weighted by atomic mass is 16.3. The first kappa shape index (κ1) is 7.60. The van der Waals surface area contributed by atoms with Crippen LogP contribution in [0.3, 0.4) is 0 Å². The summed E-state index contributed by atoms with van der Waals surface area (Å²) in [6, 6.07) is 0. The molecule has 2 rings (SSSR count). The molecule has 1 N–H and O–H groups in total. The third-order valence-electron chi connectivity index (χ3n) is 3.89. The first-order valence-corrected chi connectivity index (χ1v) is 4.91. The van der Waals surface area contributed by atoms with Crippen molar-refractivity contribution in [2.45, 2.75) is 51.6 Å². The van der Waals surface area contributed by atoms with E-state index in [2.05, 4.69) is 6.92 Å². The molecule has 0 aromatic heterocycles. The Morgan fingerprint density at radius 3 is 2.00 bits per heavy atom. The monoisotopic (exact) mass is 154 g/mol. The smallest absolute Gasteiger partial charge is 0.0596 e. The van der Waals surface area contributed by atoms with Gasteiger partial charge in [0.1, 0.15) is 0 Å². The Labute approximate surface area is 68.8 Å². The SMILES string of the molecule is CC1CCC2(CC1)CC[C@@H]2O. The molecule has 0 aliphatic heterocycles. The van der Waals surface area contributed by atoms with Crippen LogP contribution in [0.4, 0.5) is 0 Å². The Morgan fingerprint density at radius 2 is 1.64 bits per heavy atom. The van der Waals surface area contributed by atoms with Crippen molar-refractivity contribution in [1.29, 1.82) is 0 Å². The van der Waals surface area contributed by atoms with Crippen LogP contribution in [0.15, 0.2) is 0 Å². The van der Waals surface area contributed by atoms with Gasteiger partial charge in [-0.1, -0.05) is 19.8 Å². The quantitative estimate of drug-likeness (QED) is 0.568. The van der Waals surface area contributed by atoms with E-state index in [4.69, 9.17) is 0 Å². The molecule has 2 aliphatic rings. The Bertz CT molecular complexity index is 145. The molecule has 2 aliphatic carbocycles. The topological polar surface area (TPSA) is 20.2 Å². The van der Waals surface area contributed by atoms with Gasteiger partial charge in [0.2, 0.25) is 0 Å². The summed E-state index contributed by atoms with van der Waals surface area (Å²) in [5.74, 6) is 0.911. The van der Waals surface area contributed by atoms with Crippen molar-refractivity contribution in [3.05, 3.63) is 0 Å². The molecule has 11 heavy (non-hydrogen) atoms. The van der Waals surface area contributed by atoms with Gasteiger partial charge in [0.25, 0.3) is 0 Å². The van der Waals surface area contributed by atoms with E-state index >= 15 is 0 Å². The molecule has 0 aromatic rings. The third kappa shape index (κ3) is 1.10. The lowest BCUT2D eigenvalue weighted by atomic mass is 9.57. The average Bonchev–Trinajstić information content (AvgIpc) is 2.03. The zero-order valence-corrected chi connectivity index (χ0v) is 7.34. The minimum atomic E-state index is 0.0509. The van der Waals surface area contributed by atoms with Crippen LogP contribution < -0.4 is 0 Å². The van der Waals surface area contributed by atoms with E-state index in [1.165, 1.54) is 32.1 Å². The van der Waals surface area contributed by atoms with Gasteiger partial charge < -0.3 is 5.11 Å². The Balaban J connectivity index is 1.96. The van der Waals surface area contributed by atoms with Gasteiger partial charge in [-0.2, -0.15) is 0 Å². The summed E-state index contributed by atoms with van der Waals surface area (Å²) in [6.07, 6.45) is 7.67. The zero-order valence-electron chi connectivity index (χ0n) is 7.34. The highest BCUT2D eigenvalue weighted by molar-refractivity contribution is 4.97. The molecule has 2 saturated carbocycles. The van der Waals surface area contributed by atoms with Crippen LogP contribution in [0.2, 0.25) is 0 Å². The average molecular weight is 154 g/mol. The molecule has 0 radical (unpaired) electrons. The van der Waals surface area contributed by atoms with Crippen molar-refractivity contribution >= 4 is 0 Å². The van der Waals surface area contributed by atoms with Crippen molar-refractivity contribution in [3.63, 3.8) is 0 Å². The minimum Gasteiger partial charge on any atom is -0.393 e. The molecule has 0 saturated heterocycles. The molecule has 1 heteroatoms. The Kier molecular flexibility index (Phi) is 1.71. The molecule has 1 atom stereocenters. The lowest BCUT2D eigenvalue weighted by molar-refractivity contribution is -0.0930. The third-order valence-corrected chi connectivity index (χ3v) is 3.89. The van der Waals surface area contributed by atoms with Crippen LogP contribution >= 0.6 is 0 Å². The molecule has 0 bridgehead atoms. The van der Waals surface area contributed by atoms with Crippen molar-refractivity contribution in [1.82, 2.24) is 0 Å². The fraction of sp³-hybridized carbons (Fsp3) is 1.00. The second-order valence-electron chi connectivity index (χ2n) is 4.60. The van der Waals surface area contributed by atoms with Crippen molar-refractivity contribution in [3.8, 4) is 0 Å². The van der Waals surface area contributed by atoms with Crippen LogP contribution in [0.1, 0.15) is 45.4 Å². The summed E-state index contributed by atoms with van der Waals surface area (Å²) >= 11 is 0. The predicted molar refractivity (Wildman–Crippen MR) is 45.3 cm³/mol. The highest BCUT2D eigenvalue weighted by Crippen LogP contribution is 2.52. The first-order valence-electron chi connectivity index (χ1n) is 4.91. The lowest BCUT2D eigenvalue weighted by Gasteiger charge is -2.50.